The Morgan fingerprint density at radius 2 is 2.05 bits per heavy atom. The third kappa shape index (κ3) is 4.24. The van der Waals surface area contributed by atoms with Crippen molar-refractivity contribution >= 4 is 0 Å². The van der Waals surface area contributed by atoms with Gasteiger partial charge < -0.3 is 10.1 Å². The van der Waals surface area contributed by atoms with Crippen LogP contribution >= 0.6 is 0 Å². The van der Waals surface area contributed by atoms with Crippen LogP contribution in [0.5, 0.6) is 5.75 Å². The normalized spacial score (nSPS) is 22.9. The van der Waals surface area contributed by atoms with E-state index in [1.54, 1.807) is 7.11 Å². The maximum absolute atomic E-state index is 5.31. The molecule has 106 valence electrons. The average molecular weight is 261 g/mol. The van der Waals surface area contributed by atoms with Gasteiger partial charge in [-0.25, -0.2) is 0 Å². The van der Waals surface area contributed by atoms with Crippen LogP contribution in [0.15, 0.2) is 24.3 Å². The van der Waals surface area contributed by atoms with E-state index >= 15 is 0 Å². The molecule has 2 atom stereocenters. The maximum Gasteiger partial charge on any atom is 0.119 e. The third-order valence-electron chi connectivity index (χ3n) is 4.24. The van der Waals surface area contributed by atoms with Gasteiger partial charge >= 0.3 is 0 Å². The highest BCUT2D eigenvalue weighted by molar-refractivity contribution is 5.28. The molecule has 0 heterocycles. The summed E-state index contributed by atoms with van der Waals surface area (Å²) in [5.74, 6) is 2.65. The van der Waals surface area contributed by atoms with Crippen LogP contribution in [0.25, 0.3) is 0 Å². The summed E-state index contributed by atoms with van der Waals surface area (Å²) in [4.78, 5) is 0. The van der Waals surface area contributed by atoms with Gasteiger partial charge in [0, 0.05) is 6.04 Å². The van der Waals surface area contributed by atoms with Crippen molar-refractivity contribution < 1.29 is 4.74 Å². The molecule has 0 aromatic heterocycles. The second kappa shape index (κ2) is 6.95. The van der Waals surface area contributed by atoms with Crippen molar-refractivity contribution in [1.29, 1.82) is 0 Å². The van der Waals surface area contributed by atoms with E-state index in [4.69, 9.17) is 4.74 Å². The lowest BCUT2D eigenvalue weighted by Crippen LogP contribution is -2.31. The number of hydrogen-bond donors (Lipinski definition) is 1. The van der Waals surface area contributed by atoms with Crippen molar-refractivity contribution in [1.82, 2.24) is 5.32 Å². The van der Waals surface area contributed by atoms with Gasteiger partial charge in [-0.1, -0.05) is 32.4 Å². The molecule has 0 aliphatic heterocycles. The Kier molecular flexibility index (Phi) is 5.26. The minimum Gasteiger partial charge on any atom is -0.497 e. The van der Waals surface area contributed by atoms with Gasteiger partial charge in [0.25, 0.3) is 0 Å². The lowest BCUT2D eigenvalue weighted by atomic mass is 9.89. The number of hydrogen-bond acceptors (Lipinski definition) is 2. The second-order valence-electron chi connectivity index (χ2n) is 6.07. The van der Waals surface area contributed by atoms with Crippen molar-refractivity contribution in [3.63, 3.8) is 0 Å². The molecular formula is C17H27NO. The molecule has 1 N–H and O–H groups in total. The van der Waals surface area contributed by atoms with Crippen molar-refractivity contribution in [2.75, 3.05) is 13.7 Å². The van der Waals surface area contributed by atoms with Crippen molar-refractivity contribution in [2.24, 2.45) is 11.8 Å². The SMILES string of the molecule is COc1cccc(CC2CCCC2CNC(C)C)c1. The highest BCUT2D eigenvalue weighted by atomic mass is 16.5. The zero-order valence-corrected chi connectivity index (χ0v) is 12.5. The van der Waals surface area contributed by atoms with Crippen LogP contribution in [0, 0.1) is 11.8 Å². The van der Waals surface area contributed by atoms with Gasteiger partial charge in [-0.05, 0) is 55.3 Å². The molecular weight excluding hydrogens is 234 g/mol. The van der Waals surface area contributed by atoms with E-state index in [0.29, 0.717) is 6.04 Å². The summed E-state index contributed by atoms with van der Waals surface area (Å²) in [6, 6.07) is 9.14. The van der Waals surface area contributed by atoms with Crippen LogP contribution in [0.4, 0.5) is 0 Å². The van der Waals surface area contributed by atoms with Gasteiger partial charge in [0.05, 0.1) is 7.11 Å². The summed E-state index contributed by atoms with van der Waals surface area (Å²) in [5.41, 5.74) is 1.42. The fourth-order valence-corrected chi connectivity index (χ4v) is 3.14. The molecule has 1 saturated carbocycles. The first kappa shape index (κ1) is 14.4. The summed E-state index contributed by atoms with van der Waals surface area (Å²) in [6.07, 6.45) is 5.34. The highest BCUT2D eigenvalue weighted by Crippen LogP contribution is 2.34. The number of nitrogens with one attached hydrogen (secondary N) is 1. The van der Waals surface area contributed by atoms with Crippen LogP contribution < -0.4 is 10.1 Å². The Labute approximate surface area is 117 Å². The Morgan fingerprint density at radius 1 is 1.26 bits per heavy atom. The van der Waals surface area contributed by atoms with Gasteiger partial charge in [-0.2, -0.15) is 0 Å². The van der Waals surface area contributed by atoms with Crippen LogP contribution in [0.3, 0.4) is 0 Å². The van der Waals surface area contributed by atoms with E-state index in [-0.39, 0.29) is 0 Å². The predicted octanol–water partition coefficient (Wildman–Crippen LogP) is 3.65. The van der Waals surface area contributed by atoms with E-state index in [1.807, 2.05) is 6.07 Å². The van der Waals surface area contributed by atoms with Gasteiger partial charge in [-0.15, -0.1) is 0 Å². The molecule has 0 amide bonds. The Hall–Kier alpha value is -1.02. The van der Waals surface area contributed by atoms with E-state index in [0.717, 1.165) is 17.6 Å². The lowest BCUT2D eigenvalue weighted by molar-refractivity contribution is 0.353. The molecule has 1 aliphatic carbocycles. The highest BCUT2D eigenvalue weighted by Gasteiger charge is 2.27. The zero-order valence-electron chi connectivity index (χ0n) is 12.5. The summed E-state index contributed by atoms with van der Waals surface area (Å²) in [5, 5.41) is 3.60. The van der Waals surface area contributed by atoms with Crippen molar-refractivity contribution in [3.8, 4) is 5.75 Å². The molecule has 2 heteroatoms. The molecule has 1 aliphatic rings. The monoisotopic (exact) mass is 261 g/mol. The molecule has 1 aromatic rings. The van der Waals surface area contributed by atoms with E-state index in [9.17, 15) is 0 Å². The molecule has 0 saturated heterocycles. The molecule has 0 radical (unpaired) electrons. The molecule has 0 spiro atoms. The predicted molar refractivity (Wildman–Crippen MR) is 80.7 cm³/mol. The van der Waals surface area contributed by atoms with Crippen LogP contribution in [-0.4, -0.2) is 19.7 Å². The summed E-state index contributed by atoms with van der Waals surface area (Å²) < 4.78 is 5.31. The molecule has 0 bridgehead atoms. The van der Waals surface area contributed by atoms with Gasteiger partial charge in [-0.3, -0.25) is 0 Å². The molecule has 2 unspecified atom stereocenters. The number of ether oxygens (including phenoxy) is 1. The first-order chi connectivity index (χ1) is 9.19. The largest absolute Gasteiger partial charge is 0.497 e. The fraction of sp³-hybridized carbons (Fsp3) is 0.647. The van der Waals surface area contributed by atoms with E-state index < -0.39 is 0 Å². The van der Waals surface area contributed by atoms with E-state index in [1.165, 1.54) is 37.8 Å². The molecule has 1 aromatic carbocycles. The quantitative estimate of drug-likeness (QED) is 0.844. The van der Waals surface area contributed by atoms with Crippen molar-refractivity contribution in [3.05, 3.63) is 29.8 Å². The van der Waals surface area contributed by atoms with Crippen LogP contribution in [0.2, 0.25) is 0 Å². The first-order valence-corrected chi connectivity index (χ1v) is 7.55. The van der Waals surface area contributed by atoms with Crippen molar-refractivity contribution in [2.45, 2.75) is 45.6 Å². The average Bonchev–Trinajstić information content (AvgIpc) is 2.84. The maximum atomic E-state index is 5.31. The van der Waals surface area contributed by atoms with E-state index in [2.05, 4.69) is 37.4 Å². The number of methoxy groups -OCH3 is 1. The standard InChI is InChI=1S/C17H27NO/c1-13(2)18-12-16-8-5-7-15(16)10-14-6-4-9-17(11-14)19-3/h4,6,9,11,13,15-16,18H,5,7-8,10,12H2,1-3H3. The summed E-state index contributed by atoms with van der Waals surface area (Å²) in [6.45, 7) is 5.63. The smallest absolute Gasteiger partial charge is 0.119 e. The lowest BCUT2D eigenvalue weighted by Gasteiger charge is -2.21. The minimum absolute atomic E-state index is 0.595. The number of rotatable bonds is 6. The minimum atomic E-state index is 0.595. The summed E-state index contributed by atoms with van der Waals surface area (Å²) >= 11 is 0. The zero-order chi connectivity index (χ0) is 13.7. The third-order valence-corrected chi connectivity index (χ3v) is 4.24. The Morgan fingerprint density at radius 3 is 2.79 bits per heavy atom. The first-order valence-electron chi connectivity index (χ1n) is 7.55. The van der Waals surface area contributed by atoms with Gasteiger partial charge in [0.15, 0.2) is 0 Å². The van der Waals surface area contributed by atoms with Crippen LogP contribution in [0.1, 0.15) is 38.7 Å². The molecule has 1 fully saturated rings. The Bertz CT molecular complexity index is 389. The molecule has 2 nitrogen and oxygen atoms in total. The topological polar surface area (TPSA) is 21.3 Å². The van der Waals surface area contributed by atoms with Crippen LogP contribution in [-0.2, 0) is 6.42 Å². The fourth-order valence-electron chi connectivity index (χ4n) is 3.14. The molecule has 19 heavy (non-hydrogen) atoms. The Balaban J connectivity index is 1.92. The van der Waals surface area contributed by atoms with Gasteiger partial charge in [0.2, 0.25) is 0 Å². The molecule has 2 rings (SSSR count). The number of benzene rings is 1. The van der Waals surface area contributed by atoms with Gasteiger partial charge in [0.1, 0.15) is 5.75 Å². The summed E-state index contributed by atoms with van der Waals surface area (Å²) in [7, 11) is 1.74. The second-order valence-corrected chi connectivity index (χ2v) is 6.07.